The summed E-state index contributed by atoms with van der Waals surface area (Å²) in [5, 5.41) is 14.0. The van der Waals surface area contributed by atoms with E-state index in [9.17, 15) is 14.4 Å². The van der Waals surface area contributed by atoms with Crippen LogP contribution in [0.1, 0.15) is 6.92 Å². The van der Waals surface area contributed by atoms with Gasteiger partial charge >= 0.3 is 12.0 Å². The maximum absolute atomic E-state index is 12.2. The summed E-state index contributed by atoms with van der Waals surface area (Å²) >= 11 is 0. The van der Waals surface area contributed by atoms with E-state index in [4.69, 9.17) is 14.6 Å². The van der Waals surface area contributed by atoms with E-state index in [2.05, 4.69) is 10.6 Å². The van der Waals surface area contributed by atoms with Crippen LogP contribution < -0.4 is 10.6 Å². The molecule has 9 heteroatoms. The number of ether oxygens (including phenoxy) is 2. The highest BCUT2D eigenvalue weighted by Crippen LogP contribution is 2.08. The van der Waals surface area contributed by atoms with Gasteiger partial charge in [0.1, 0.15) is 6.04 Å². The first-order chi connectivity index (χ1) is 10.0. The summed E-state index contributed by atoms with van der Waals surface area (Å²) < 4.78 is 9.95. The molecule has 1 heterocycles. The lowest BCUT2D eigenvalue weighted by atomic mass is 10.2. The number of carbonyl (C=O) groups excluding carboxylic acids is 2. The zero-order chi connectivity index (χ0) is 15.8. The first-order valence-corrected chi connectivity index (χ1v) is 6.65. The molecule has 0 aliphatic carbocycles. The van der Waals surface area contributed by atoms with E-state index >= 15 is 0 Å². The minimum absolute atomic E-state index is 0.0846. The van der Waals surface area contributed by atoms with Crippen molar-refractivity contribution in [2.75, 3.05) is 40.0 Å². The molecule has 1 saturated heterocycles. The van der Waals surface area contributed by atoms with Crippen LogP contribution in [-0.4, -0.2) is 80.0 Å². The number of likely N-dealkylation sites (N-methyl/N-ethyl adjacent to an activating group) is 1. The largest absolute Gasteiger partial charge is 0.480 e. The second-order valence-corrected chi connectivity index (χ2v) is 4.47. The van der Waals surface area contributed by atoms with Crippen LogP contribution in [-0.2, 0) is 19.1 Å². The molecule has 1 aliphatic rings. The Morgan fingerprint density at radius 3 is 2.76 bits per heavy atom. The predicted molar refractivity (Wildman–Crippen MR) is 71.8 cm³/mol. The van der Waals surface area contributed by atoms with Gasteiger partial charge in [-0.1, -0.05) is 0 Å². The van der Waals surface area contributed by atoms with Crippen LogP contribution in [0, 0.1) is 0 Å². The topological polar surface area (TPSA) is 117 Å². The molecule has 0 radical (unpaired) electrons. The van der Waals surface area contributed by atoms with Gasteiger partial charge in [0, 0.05) is 20.2 Å². The predicted octanol–water partition coefficient (Wildman–Crippen LogP) is -1.37. The molecule has 0 aromatic heterocycles. The number of nitrogens with zero attached hydrogens (tertiary/aromatic N) is 1. The zero-order valence-corrected chi connectivity index (χ0v) is 12.1. The second kappa shape index (κ2) is 8.42. The SMILES string of the molecule is CCNC(=O)C1COCCN1C(=O)NC(COC)C(=O)O. The number of aliphatic carboxylic acids is 1. The van der Waals surface area contributed by atoms with E-state index in [-0.39, 0.29) is 25.7 Å². The quantitative estimate of drug-likeness (QED) is 0.557. The molecule has 0 aromatic carbocycles. The van der Waals surface area contributed by atoms with Crippen molar-refractivity contribution in [3.05, 3.63) is 0 Å². The lowest BCUT2D eigenvalue weighted by Crippen LogP contribution is -2.60. The van der Waals surface area contributed by atoms with Gasteiger partial charge in [-0.05, 0) is 6.92 Å². The van der Waals surface area contributed by atoms with Gasteiger partial charge in [0.2, 0.25) is 5.91 Å². The van der Waals surface area contributed by atoms with E-state index in [0.717, 1.165) is 0 Å². The smallest absolute Gasteiger partial charge is 0.328 e. The van der Waals surface area contributed by atoms with Crippen molar-refractivity contribution >= 4 is 17.9 Å². The van der Waals surface area contributed by atoms with Crippen molar-refractivity contribution < 1.29 is 29.0 Å². The standard InChI is InChI=1S/C12H21N3O6/c1-3-13-10(16)9-7-21-5-4-15(9)12(19)14-8(6-20-2)11(17)18/h8-9H,3-7H2,1-2H3,(H,13,16)(H,14,19)(H,17,18). The zero-order valence-electron chi connectivity index (χ0n) is 12.1. The molecule has 21 heavy (non-hydrogen) atoms. The molecule has 3 amide bonds. The maximum Gasteiger partial charge on any atom is 0.328 e. The monoisotopic (exact) mass is 303 g/mol. The Morgan fingerprint density at radius 1 is 1.48 bits per heavy atom. The van der Waals surface area contributed by atoms with E-state index in [1.54, 1.807) is 6.92 Å². The molecule has 0 aromatic rings. The third kappa shape index (κ3) is 4.87. The number of amides is 3. The molecular formula is C12H21N3O6. The van der Waals surface area contributed by atoms with E-state index < -0.39 is 24.1 Å². The highest BCUT2D eigenvalue weighted by molar-refractivity contribution is 5.89. The Balaban J connectivity index is 2.72. The number of carboxylic acids is 1. The molecular weight excluding hydrogens is 282 g/mol. The lowest BCUT2D eigenvalue weighted by molar-refractivity contribution is -0.140. The molecule has 1 rings (SSSR count). The average molecular weight is 303 g/mol. The summed E-state index contributed by atoms with van der Waals surface area (Å²) in [7, 11) is 1.34. The molecule has 1 fully saturated rings. The van der Waals surface area contributed by atoms with Gasteiger partial charge in [0.15, 0.2) is 6.04 Å². The number of methoxy groups -OCH3 is 1. The fourth-order valence-electron chi connectivity index (χ4n) is 1.93. The number of urea groups is 1. The number of nitrogens with one attached hydrogen (secondary N) is 2. The van der Waals surface area contributed by atoms with Crippen LogP contribution in [0.2, 0.25) is 0 Å². The Bertz CT molecular complexity index is 389. The molecule has 0 spiro atoms. The van der Waals surface area contributed by atoms with Gasteiger partial charge in [-0.15, -0.1) is 0 Å². The minimum atomic E-state index is -1.20. The summed E-state index contributed by atoms with van der Waals surface area (Å²) in [5.74, 6) is -1.53. The van der Waals surface area contributed by atoms with Crippen LogP contribution in [0.4, 0.5) is 4.79 Å². The Labute approximate surface area is 122 Å². The Hall–Kier alpha value is -1.87. The fraction of sp³-hybridized carbons (Fsp3) is 0.750. The van der Waals surface area contributed by atoms with Crippen molar-refractivity contribution in [3.63, 3.8) is 0 Å². The van der Waals surface area contributed by atoms with Gasteiger partial charge in [0.05, 0.1) is 19.8 Å². The number of hydrogen-bond acceptors (Lipinski definition) is 5. The van der Waals surface area contributed by atoms with Gasteiger partial charge in [-0.25, -0.2) is 9.59 Å². The maximum atomic E-state index is 12.2. The molecule has 2 atom stereocenters. The van der Waals surface area contributed by atoms with Crippen molar-refractivity contribution in [2.24, 2.45) is 0 Å². The number of carboxylic acid groups (broad SMARTS) is 1. The lowest BCUT2D eigenvalue weighted by Gasteiger charge is -2.35. The number of morpholine rings is 1. The van der Waals surface area contributed by atoms with Gasteiger partial charge in [-0.3, -0.25) is 4.79 Å². The molecule has 1 aliphatic heterocycles. The van der Waals surface area contributed by atoms with E-state index in [1.165, 1.54) is 12.0 Å². The average Bonchev–Trinajstić information content (AvgIpc) is 2.46. The first-order valence-electron chi connectivity index (χ1n) is 6.65. The van der Waals surface area contributed by atoms with Crippen LogP contribution in [0.15, 0.2) is 0 Å². The highest BCUT2D eigenvalue weighted by atomic mass is 16.5. The van der Waals surface area contributed by atoms with Crippen molar-refractivity contribution in [1.29, 1.82) is 0 Å². The molecule has 0 bridgehead atoms. The Morgan fingerprint density at radius 2 is 2.19 bits per heavy atom. The normalized spacial score (nSPS) is 19.7. The summed E-state index contributed by atoms with van der Waals surface area (Å²) in [5.41, 5.74) is 0. The summed E-state index contributed by atoms with van der Waals surface area (Å²) in [6, 6.07) is -2.56. The molecule has 3 N–H and O–H groups in total. The summed E-state index contributed by atoms with van der Waals surface area (Å²) in [6.07, 6.45) is 0. The van der Waals surface area contributed by atoms with E-state index in [0.29, 0.717) is 13.2 Å². The third-order valence-electron chi connectivity index (χ3n) is 2.97. The van der Waals surface area contributed by atoms with Crippen molar-refractivity contribution in [3.8, 4) is 0 Å². The number of carbonyl (C=O) groups is 3. The summed E-state index contributed by atoms with van der Waals surface area (Å²) in [4.78, 5) is 36.4. The minimum Gasteiger partial charge on any atom is -0.480 e. The fourth-order valence-corrected chi connectivity index (χ4v) is 1.93. The van der Waals surface area contributed by atoms with E-state index in [1.807, 2.05) is 0 Å². The van der Waals surface area contributed by atoms with Crippen molar-refractivity contribution in [1.82, 2.24) is 15.5 Å². The molecule has 120 valence electrons. The van der Waals surface area contributed by atoms with Crippen LogP contribution in [0.5, 0.6) is 0 Å². The van der Waals surface area contributed by atoms with Crippen LogP contribution in [0.3, 0.4) is 0 Å². The van der Waals surface area contributed by atoms with Crippen LogP contribution in [0.25, 0.3) is 0 Å². The molecule has 0 saturated carbocycles. The van der Waals surface area contributed by atoms with Crippen LogP contribution >= 0.6 is 0 Å². The Kier molecular flexibility index (Phi) is 6.89. The number of rotatable bonds is 6. The van der Waals surface area contributed by atoms with Gasteiger partial charge in [-0.2, -0.15) is 0 Å². The third-order valence-corrected chi connectivity index (χ3v) is 2.97. The molecule has 9 nitrogen and oxygen atoms in total. The molecule has 2 unspecified atom stereocenters. The first kappa shape index (κ1) is 17.2. The second-order valence-electron chi connectivity index (χ2n) is 4.47. The van der Waals surface area contributed by atoms with Gasteiger partial charge in [0.25, 0.3) is 0 Å². The highest BCUT2D eigenvalue weighted by Gasteiger charge is 2.34. The van der Waals surface area contributed by atoms with Crippen molar-refractivity contribution in [2.45, 2.75) is 19.0 Å². The van der Waals surface area contributed by atoms with Gasteiger partial charge < -0.3 is 30.1 Å². The summed E-state index contributed by atoms with van der Waals surface area (Å²) in [6.45, 7) is 2.65. The number of hydrogen-bond donors (Lipinski definition) is 3.